The van der Waals surface area contributed by atoms with Gasteiger partial charge in [-0.3, -0.25) is 9.59 Å². The summed E-state index contributed by atoms with van der Waals surface area (Å²) in [6, 6.07) is 5.82. The molecule has 1 aromatic rings. The zero-order valence-electron chi connectivity index (χ0n) is 23.7. The molecule has 0 aliphatic carbocycles. The number of carbonyl (C=O) groups excluding carboxylic acids is 1. The Morgan fingerprint density at radius 2 is 1.68 bits per heavy atom. The number of carboxylic acids is 1. The van der Waals surface area contributed by atoms with Gasteiger partial charge in [-0.2, -0.15) is 0 Å². The van der Waals surface area contributed by atoms with Crippen LogP contribution in [0.25, 0.3) is 0 Å². The number of hydrogen-bond acceptors (Lipinski definition) is 8. The van der Waals surface area contributed by atoms with Gasteiger partial charge in [0, 0.05) is 20.1 Å². The van der Waals surface area contributed by atoms with E-state index < -0.39 is 35.1 Å². The van der Waals surface area contributed by atoms with Crippen LogP contribution in [0, 0.1) is 17.8 Å². The first-order chi connectivity index (χ1) is 17.1. The zero-order chi connectivity index (χ0) is 28.4. The molecule has 0 bridgehead atoms. The largest absolute Gasteiger partial charge is 0.493 e. The number of benzene rings is 1. The quantitative estimate of drug-likeness (QED) is 0.217. The number of aliphatic carboxylic acids is 1. The molecule has 1 rings (SSSR count). The third-order valence-electron chi connectivity index (χ3n) is 6.40. The van der Waals surface area contributed by atoms with Crippen LogP contribution in [0.5, 0.6) is 11.5 Å². The molecule has 0 saturated carbocycles. The van der Waals surface area contributed by atoms with Crippen LogP contribution in [0.4, 0.5) is 0 Å². The van der Waals surface area contributed by atoms with Gasteiger partial charge in [0.25, 0.3) is 0 Å². The second-order valence-electron chi connectivity index (χ2n) is 11.1. The van der Waals surface area contributed by atoms with E-state index in [1.807, 2.05) is 18.2 Å². The third kappa shape index (κ3) is 10.5. The molecule has 9 heteroatoms. The highest BCUT2D eigenvalue weighted by Gasteiger charge is 2.48. The molecule has 0 spiro atoms. The molecule has 0 unspecified atom stereocenters. The monoisotopic (exact) mass is 525 g/mol. The number of carbonyl (C=O) groups is 2. The molecule has 0 heterocycles. The minimum absolute atomic E-state index is 0.150. The molecule has 37 heavy (non-hydrogen) atoms. The maximum atomic E-state index is 12.9. The van der Waals surface area contributed by atoms with Crippen LogP contribution < -0.4 is 15.2 Å². The van der Waals surface area contributed by atoms with Crippen LogP contribution in [0.1, 0.15) is 66.4 Å². The first-order valence-corrected chi connectivity index (χ1v) is 12.9. The molecular formula is C28H47NO8. The average Bonchev–Trinajstić information content (AvgIpc) is 2.78. The van der Waals surface area contributed by atoms with Crippen LogP contribution in [0.3, 0.4) is 0 Å². The van der Waals surface area contributed by atoms with E-state index in [2.05, 4.69) is 13.8 Å². The van der Waals surface area contributed by atoms with Crippen molar-refractivity contribution in [3.05, 3.63) is 23.8 Å². The Labute approximate surface area is 221 Å². The molecule has 0 radical (unpaired) electrons. The number of ether oxygens (including phenoxy) is 4. The molecule has 9 nitrogen and oxygen atoms in total. The number of carboxylic acid groups (broad SMARTS) is 1. The predicted octanol–water partition coefficient (Wildman–Crippen LogP) is 3.83. The minimum atomic E-state index is -1.99. The van der Waals surface area contributed by atoms with Gasteiger partial charge in [0.15, 0.2) is 11.5 Å². The molecule has 4 N–H and O–H groups in total. The Bertz CT molecular complexity index is 862. The van der Waals surface area contributed by atoms with Crippen molar-refractivity contribution in [3.8, 4) is 11.5 Å². The Morgan fingerprint density at radius 1 is 1.03 bits per heavy atom. The number of aliphatic hydroxyl groups excluding tert-OH is 1. The summed E-state index contributed by atoms with van der Waals surface area (Å²) >= 11 is 0. The van der Waals surface area contributed by atoms with Crippen molar-refractivity contribution >= 4 is 11.9 Å². The highest BCUT2D eigenvalue weighted by Crippen LogP contribution is 2.33. The molecule has 0 aliphatic heterocycles. The fraction of sp³-hybridized carbons (Fsp3) is 0.714. The number of nitrogens with two attached hydrogens (primary N) is 1. The van der Waals surface area contributed by atoms with E-state index in [0.29, 0.717) is 37.6 Å². The van der Waals surface area contributed by atoms with Gasteiger partial charge in [-0.25, -0.2) is 0 Å². The summed E-state index contributed by atoms with van der Waals surface area (Å²) in [6.07, 6.45) is 0.940. The van der Waals surface area contributed by atoms with Gasteiger partial charge >= 0.3 is 11.9 Å². The van der Waals surface area contributed by atoms with Gasteiger partial charge in [-0.1, -0.05) is 19.9 Å². The van der Waals surface area contributed by atoms with Gasteiger partial charge < -0.3 is 34.9 Å². The van der Waals surface area contributed by atoms with Crippen LogP contribution in [-0.2, 0) is 25.5 Å². The van der Waals surface area contributed by atoms with Crippen molar-refractivity contribution in [2.45, 2.75) is 84.5 Å². The first-order valence-electron chi connectivity index (χ1n) is 12.9. The van der Waals surface area contributed by atoms with Gasteiger partial charge in [-0.15, -0.1) is 0 Å². The zero-order valence-corrected chi connectivity index (χ0v) is 23.7. The van der Waals surface area contributed by atoms with E-state index in [1.54, 1.807) is 35.0 Å². The van der Waals surface area contributed by atoms with Crippen LogP contribution >= 0.6 is 0 Å². The maximum absolute atomic E-state index is 12.9. The van der Waals surface area contributed by atoms with E-state index >= 15 is 0 Å². The van der Waals surface area contributed by atoms with Gasteiger partial charge in [-0.05, 0) is 76.5 Å². The SMILES string of the molecule is COCCCOc1cc(C[C@H](CC[C@H](O)[C@@H](C(=O)OC(C)(C)C)[C@@](C)(N)C(=O)O)C(C)C)ccc1OC. The highest BCUT2D eigenvalue weighted by atomic mass is 16.6. The summed E-state index contributed by atoms with van der Waals surface area (Å²) in [5.41, 5.74) is 4.24. The van der Waals surface area contributed by atoms with Crippen molar-refractivity contribution in [1.29, 1.82) is 0 Å². The molecule has 1 aromatic carbocycles. The standard InChI is InChI=1S/C28H47NO8/c1-18(2)20(16-19-10-13-22(35-8)23(17-19)36-15-9-14-34-7)11-12-21(30)24(28(6,29)26(32)33)25(31)37-27(3,4)5/h10,13,17-18,20-21,24,30H,9,11-12,14-16,29H2,1-8H3,(H,32,33)/t20-,21-,24-,28+/m0/s1. The molecule has 0 fully saturated rings. The average molecular weight is 526 g/mol. The normalized spacial score (nSPS) is 16.0. The second kappa shape index (κ2) is 14.5. The van der Waals surface area contributed by atoms with Gasteiger partial charge in [0.1, 0.15) is 17.1 Å². The molecule has 4 atom stereocenters. The summed E-state index contributed by atoms with van der Waals surface area (Å²) in [7, 11) is 3.24. The highest BCUT2D eigenvalue weighted by molar-refractivity contribution is 5.87. The lowest BCUT2D eigenvalue weighted by molar-refractivity contribution is -0.173. The topological polar surface area (TPSA) is 138 Å². The van der Waals surface area contributed by atoms with Gasteiger partial charge in [0.05, 0.1) is 19.8 Å². The Kier molecular flexibility index (Phi) is 12.8. The molecular weight excluding hydrogens is 478 g/mol. The predicted molar refractivity (Wildman–Crippen MR) is 142 cm³/mol. The summed E-state index contributed by atoms with van der Waals surface area (Å²) < 4.78 is 21.8. The molecule has 0 amide bonds. The van der Waals surface area contributed by atoms with E-state index in [4.69, 9.17) is 24.7 Å². The molecule has 212 valence electrons. The minimum Gasteiger partial charge on any atom is -0.493 e. The van der Waals surface area contributed by atoms with Crippen molar-refractivity contribution in [3.63, 3.8) is 0 Å². The van der Waals surface area contributed by atoms with Crippen molar-refractivity contribution in [2.75, 3.05) is 27.4 Å². The lowest BCUT2D eigenvalue weighted by Crippen LogP contribution is -2.59. The molecule has 0 aromatic heterocycles. The van der Waals surface area contributed by atoms with E-state index in [1.165, 1.54) is 6.92 Å². The molecule has 0 aliphatic rings. The van der Waals surface area contributed by atoms with Crippen molar-refractivity contribution < 1.29 is 38.7 Å². The summed E-state index contributed by atoms with van der Waals surface area (Å²) in [5, 5.41) is 20.7. The number of rotatable bonds is 16. The number of methoxy groups -OCH3 is 2. The Hall–Kier alpha value is -2.36. The summed E-state index contributed by atoms with van der Waals surface area (Å²) in [4.78, 5) is 24.7. The van der Waals surface area contributed by atoms with Crippen LogP contribution in [-0.4, -0.2) is 66.8 Å². The third-order valence-corrected chi connectivity index (χ3v) is 6.40. The molecule has 0 saturated heterocycles. The van der Waals surface area contributed by atoms with Gasteiger partial charge in [0.2, 0.25) is 0 Å². The Balaban J connectivity index is 3.03. The van der Waals surface area contributed by atoms with Crippen molar-refractivity contribution in [1.82, 2.24) is 0 Å². The fourth-order valence-corrected chi connectivity index (χ4v) is 4.17. The maximum Gasteiger partial charge on any atom is 0.324 e. The van der Waals surface area contributed by atoms with E-state index in [9.17, 15) is 19.8 Å². The smallest absolute Gasteiger partial charge is 0.324 e. The number of hydrogen-bond donors (Lipinski definition) is 3. The summed E-state index contributed by atoms with van der Waals surface area (Å²) in [6.45, 7) is 11.6. The van der Waals surface area contributed by atoms with Crippen LogP contribution in [0.2, 0.25) is 0 Å². The lowest BCUT2D eigenvalue weighted by atomic mass is 9.78. The van der Waals surface area contributed by atoms with E-state index in [0.717, 1.165) is 12.0 Å². The van der Waals surface area contributed by atoms with Crippen molar-refractivity contribution in [2.24, 2.45) is 23.5 Å². The second-order valence-corrected chi connectivity index (χ2v) is 11.1. The number of esters is 1. The van der Waals surface area contributed by atoms with E-state index in [-0.39, 0.29) is 18.3 Å². The lowest BCUT2D eigenvalue weighted by Gasteiger charge is -2.35. The Morgan fingerprint density at radius 3 is 2.19 bits per heavy atom. The van der Waals surface area contributed by atoms with Crippen LogP contribution in [0.15, 0.2) is 18.2 Å². The summed E-state index contributed by atoms with van der Waals surface area (Å²) in [5.74, 6) is -1.89. The first kappa shape index (κ1) is 32.7. The number of aliphatic hydroxyl groups is 1. The fourth-order valence-electron chi connectivity index (χ4n) is 4.17.